The number of carbonyl (C=O) groups is 1. The van der Waals surface area contributed by atoms with Crippen LogP contribution >= 0.6 is 0 Å². The number of aliphatic hydroxyl groups is 2. The predicted octanol–water partition coefficient (Wildman–Crippen LogP) is 0.00802. The van der Waals surface area contributed by atoms with E-state index in [1.54, 1.807) is 0 Å². The minimum absolute atomic E-state index is 0.0591. The summed E-state index contributed by atoms with van der Waals surface area (Å²) in [6.07, 6.45) is -2.58. The molecule has 1 aromatic heterocycles. The van der Waals surface area contributed by atoms with Crippen molar-refractivity contribution in [3.63, 3.8) is 0 Å². The van der Waals surface area contributed by atoms with Crippen molar-refractivity contribution in [2.24, 2.45) is 0 Å². The molecule has 0 aliphatic heterocycles. The Morgan fingerprint density at radius 2 is 2.13 bits per heavy atom. The Bertz CT molecular complexity index is 382. The SMILES string of the molecule is Cc1cc(C(O)C(O)C(=O)O)cnc1F. The van der Waals surface area contributed by atoms with Crippen LogP contribution in [0.25, 0.3) is 0 Å². The molecule has 82 valence electrons. The van der Waals surface area contributed by atoms with E-state index >= 15 is 0 Å². The molecule has 5 nitrogen and oxygen atoms in total. The minimum Gasteiger partial charge on any atom is -0.479 e. The first-order chi connectivity index (χ1) is 6.93. The van der Waals surface area contributed by atoms with E-state index in [1.807, 2.05) is 0 Å². The lowest BCUT2D eigenvalue weighted by atomic mass is 10.1. The number of aryl methyl sites for hydroxylation is 1. The standard InChI is InChI=1S/C9H10FNO4/c1-4-2-5(3-11-8(4)10)6(12)7(13)9(14)15/h2-3,6-7,12-13H,1H3,(H,14,15). The molecule has 0 radical (unpaired) electrons. The van der Waals surface area contributed by atoms with Crippen molar-refractivity contribution in [3.8, 4) is 0 Å². The Hall–Kier alpha value is -1.53. The van der Waals surface area contributed by atoms with E-state index < -0.39 is 24.1 Å². The molecule has 0 saturated heterocycles. The van der Waals surface area contributed by atoms with Crippen molar-refractivity contribution in [1.29, 1.82) is 0 Å². The molecule has 6 heteroatoms. The maximum Gasteiger partial charge on any atom is 0.335 e. The molecule has 0 aliphatic carbocycles. The Labute approximate surface area is 84.8 Å². The summed E-state index contributed by atoms with van der Waals surface area (Å²) in [5.41, 5.74) is 0.230. The highest BCUT2D eigenvalue weighted by atomic mass is 19.1. The van der Waals surface area contributed by atoms with Crippen LogP contribution in [0.15, 0.2) is 12.3 Å². The first-order valence-corrected chi connectivity index (χ1v) is 4.14. The molecule has 2 unspecified atom stereocenters. The molecule has 15 heavy (non-hydrogen) atoms. The van der Waals surface area contributed by atoms with Crippen molar-refractivity contribution in [1.82, 2.24) is 4.98 Å². The van der Waals surface area contributed by atoms with Crippen molar-refractivity contribution in [3.05, 3.63) is 29.3 Å². The van der Waals surface area contributed by atoms with Crippen LogP contribution in [-0.2, 0) is 4.79 Å². The Morgan fingerprint density at radius 3 is 2.60 bits per heavy atom. The molecule has 1 rings (SSSR count). The summed E-state index contributed by atoms with van der Waals surface area (Å²) < 4.78 is 12.8. The summed E-state index contributed by atoms with van der Waals surface area (Å²) >= 11 is 0. The lowest BCUT2D eigenvalue weighted by Crippen LogP contribution is -2.27. The fourth-order valence-electron chi connectivity index (χ4n) is 1.06. The molecule has 1 aromatic rings. The smallest absolute Gasteiger partial charge is 0.335 e. The maximum atomic E-state index is 12.8. The zero-order chi connectivity index (χ0) is 11.6. The van der Waals surface area contributed by atoms with Gasteiger partial charge in [-0.25, -0.2) is 9.78 Å². The summed E-state index contributed by atoms with van der Waals surface area (Å²) in [5.74, 6) is -2.25. The van der Waals surface area contributed by atoms with Gasteiger partial charge in [-0.2, -0.15) is 4.39 Å². The van der Waals surface area contributed by atoms with E-state index in [0.29, 0.717) is 0 Å². The monoisotopic (exact) mass is 215 g/mol. The maximum absolute atomic E-state index is 12.8. The molecule has 0 saturated carbocycles. The molecule has 0 aromatic carbocycles. The molecule has 0 spiro atoms. The number of carboxylic acids is 1. The molecule has 0 aliphatic rings. The number of aromatic nitrogens is 1. The van der Waals surface area contributed by atoms with Crippen LogP contribution in [0.5, 0.6) is 0 Å². The van der Waals surface area contributed by atoms with Gasteiger partial charge in [0.2, 0.25) is 5.95 Å². The van der Waals surface area contributed by atoms with Crippen LogP contribution in [0.3, 0.4) is 0 Å². The van der Waals surface area contributed by atoms with Crippen LogP contribution < -0.4 is 0 Å². The van der Waals surface area contributed by atoms with Gasteiger partial charge in [-0.15, -0.1) is 0 Å². The van der Waals surface area contributed by atoms with Gasteiger partial charge in [-0.3, -0.25) is 0 Å². The normalized spacial score (nSPS) is 14.7. The summed E-state index contributed by atoms with van der Waals surface area (Å²) in [7, 11) is 0. The Morgan fingerprint density at radius 1 is 1.53 bits per heavy atom. The summed E-state index contributed by atoms with van der Waals surface area (Å²) in [6.45, 7) is 1.42. The minimum atomic E-state index is -1.95. The second-order valence-electron chi connectivity index (χ2n) is 3.10. The van der Waals surface area contributed by atoms with Crippen LogP contribution in [0.2, 0.25) is 0 Å². The van der Waals surface area contributed by atoms with E-state index in [4.69, 9.17) is 10.2 Å². The number of hydrogen-bond donors (Lipinski definition) is 3. The fourth-order valence-corrected chi connectivity index (χ4v) is 1.06. The Kier molecular flexibility index (Phi) is 3.33. The number of aliphatic carboxylic acids is 1. The zero-order valence-corrected chi connectivity index (χ0v) is 7.88. The number of halogens is 1. The van der Waals surface area contributed by atoms with Gasteiger partial charge in [-0.1, -0.05) is 0 Å². The average molecular weight is 215 g/mol. The molecule has 0 fully saturated rings. The third-order valence-corrected chi connectivity index (χ3v) is 1.93. The molecule has 2 atom stereocenters. The van der Waals surface area contributed by atoms with Crippen LogP contribution in [0.1, 0.15) is 17.2 Å². The predicted molar refractivity (Wildman–Crippen MR) is 47.5 cm³/mol. The van der Waals surface area contributed by atoms with E-state index in [9.17, 15) is 14.3 Å². The average Bonchev–Trinajstić information content (AvgIpc) is 2.19. The van der Waals surface area contributed by atoms with Crippen LogP contribution in [0, 0.1) is 12.9 Å². The van der Waals surface area contributed by atoms with E-state index in [2.05, 4.69) is 4.98 Å². The van der Waals surface area contributed by atoms with Gasteiger partial charge in [0.05, 0.1) is 0 Å². The zero-order valence-electron chi connectivity index (χ0n) is 7.88. The first-order valence-electron chi connectivity index (χ1n) is 4.14. The van der Waals surface area contributed by atoms with Crippen LogP contribution in [0.4, 0.5) is 4.39 Å². The molecular weight excluding hydrogens is 205 g/mol. The fraction of sp³-hybridized carbons (Fsp3) is 0.333. The highest BCUT2D eigenvalue weighted by Crippen LogP contribution is 2.18. The van der Waals surface area contributed by atoms with Gasteiger partial charge < -0.3 is 15.3 Å². The molecule has 0 amide bonds. The topological polar surface area (TPSA) is 90.7 Å². The van der Waals surface area contributed by atoms with Gasteiger partial charge in [0.1, 0.15) is 6.10 Å². The van der Waals surface area contributed by atoms with Crippen molar-refractivity contribution in [2.75, 3.05) is 0 Å². The number of carboxylic acid groups (broad SMARTS) is 1. The number of rotatable bonds is 3. The van der Waals surface area contributed by atoms with Gasteiger partial charge in [0.25, 0.3) is 0 Å². The van der Waals surface area contributed by atoms with Gasteiger partial charge in [0, 0.05) is 17.3 Å². The third kappa shape index (κ3) is 2.48. The third-order valence-electron chi connectivity index (χ3n) is 1.93. The number of nitrogens with zero attached hydrogens (tertiary/aromatic N) is 1. The quantitative estimate of drug-likeness (QED) is 0.618. The van der Waals surface area contributed by atoms with E-state index in [-0.39, 0.29) is 11.1 Å². The van der Waals surface area contributed by atoms with Crippen molar-refractivity contribution >= 4 is 5.97 Å². The van der Waals surface area contributed by atoms with Gasteiger partial charge >= 0.3 is 5.97 Å². The second kappa shape index (κ2) is 4.33. The van der Waals surface area contributed by atoms with Crippen molar-refractivity contribution < 1.29 is 24.5 Å². The van der Waals surface area contributed by atoms with Gasteiger partial charge in [-0.05, 0) is 13.0 Å². The molecular formula is C9H10FNO4. The van der Waals surface area contributed by atoms with Crippen molar-refractivity contribution in [2.45, 2.75) is 19.1 Å². The summed E-state index contributed by atoms with van der Waals surface area (Å²) in [5, 5.41) is 26.9. The highest BCUT2D eigenvalue weighted by molar-refractivity contribution is 5.73. The second-order valence-corrected chi connectivity index (χ2v) is 3.10. The van der Waals surface area contributed by atoms with Crippen LogP contribution in [-0.4, -0.2) is 32.4 Å². The molecule has 1 heterocycles. The number of aliphatic hydroxyl groups excluding tert-OH is 2. The Balaban J connectivity index is 2.96. The van der Waals surface area contributed by atoms with Gasteiger partial charge in [0.15, 0.2) is 6.10 Å². The lowest BCUT2D eigenvalue weighted by molar-refractivity contribution is -0.153. The largest absolute Gasteiger partial charge is 0.479 e. The van der Waals surface area contributed by atoms with E-state index in [1.165, 1.54) is 13.0 Å². The number of hydrogen-bond acceptors (Lipinski definition) is 4. The van der Waals surface area contributed by atoms with E-state index in [0.717, 1.165) is 6.20 Å². The number of pyridine rings is 1. The summed E-state index contributed by atoms with van der Waals surface area (Å²) in [6, 6.07) is 1.24. The first kappa shape index (κ1) is 11.5. The molecule has 3 N–H and O–H groups in total. The highest BCUT2D eigenvalue weighted by Gasteiger charge is 2.25. The molecule has 0 bridgehead atoms. The summed E-state index contributed by atoms with van der Waals surface area (Å²) in [4.78, 5) is 13.7. The lowest BCUT2D eigenvalue weighted by Gasteiger charge is -2.14.